The second-order valence-corrected chi connectivity index (χ2v) is 11.1. The monoisotopic (exact) mass is 484 g/mol. The molecule has 0 aliphatic heterocycles. The Kier molecular flexibility index (Phi) is 4.30. The van der Waals surface area contributed by atoms with E-state index in [4.69, 9.17) is 0 Å². The summed E-state index contributed by atoms with van der Waals surface area (Å²) in [7, 11) is 0. The van der Waals surface area contributed by atoms with Gasteiger partial charge in [0.1, 0.15) is 0 Å². The van der Waals surface area contributed by atoms with E-state index in [-0.39, 0.29) is 0 Å². The first-order valence-electron chi connectivity index (χ1n) is 13.5. The molecule has 0 spiro atoms. The number of benzene rings is 8. The molecule has 0 fully saturated rings. The van der Waals surface area contributed by atoms with Crippen LogP contribution in [0.2, 0.25) is 0 Å². The maximum atomic E-state index is 2.36. The molecule has 0 aliphatic rings. The molecule has 38 heavy (non-hydrogen) atoms. The topological polar surface area (TPSA) is 0 Å². The number of hydrogen-bond acceptors (Lipinski definition) is 0. The normalized spacial score (nSPS) is 12.2. The lowest BCUT2D eigenvalue weighted by molar-refractivity contribution is 1.46. The summed E-state index contributed by atoms with van der Waals surface area (Å²) in [5, 5.41) is 16.3. The summed E-state index contributed by atoms with van der Waals surface area (Å²) < 4.78 is 0. The zero-order chi connectivity index (χ0) is 25.7. The Morgan fingerprint density at radius 2 is 0.763 bits per heavy atom. The highest BCUT2D eigenvalue weighted by molar-refractivity contribution is 6.41. The van der Waals surface area contributed by atoms with Gasteiger partial charge in [0, 0.05) is 0 Å². The van der Waals surface area contributed by atoms with Gasteiger partial charge < -0.3 is 0 Å². The first kappa shape index (κ1) is 21.6. The van der Waals surface area contributed by atoms with Gasteiger partial charge in [-0.25, -0.2) is 0 Å². The fourth-order valence-electron chi connectivity index (χ4n) is 7.34. The maximum Gasteiger partial charge on any atom is -0.00137 e. The Hall–Kier alpha value is -4.42. The van der Waals surface area contributed by atoms with Crippen LogP contribution in [0.5, 0.6) is 0 Å². The van der Waals surface area contributed by atoms with Crippen LogP contribution < -0.4 is 0 Å². The largest absolute Gasteiger partial charge is 0.0616 e. The average molecular weight is 485 g/mol. The second-order valence-electron chi connectivity index (χ2n) is 11.1. The van der Waals surface area contributed by atoms with Crippen molar-refractivity contribution in [1.29, 1.82) is 0 Å². The van der Waals surface area contributed by atoms with Crippen molar-refractivity contribution in [3.8, 4) is 11.1 Å². The van der Waals surface area contributed by atoms with Gasteiger partial charge in [0.15, 0.2) is 0 Å². The van der Waals surface area contributed by atoms with E-state index in [0.29, 0.717) is 0 Å². The maximum absolute atomic E-state index is 2.36. The summed E-state index contributed by atoms with van der Waals surface area (Å²) in [6.07, 6.45) is 0. The highest BCUT2D eigenvalue weighted by Gasteiger charge is 2.21. The number of rotatable bonds is 1. The van der Waals surface area contributed by atoms with Gasteiger partial charge in [-0.15, -0.1) is 0 Å². The summed E-state index contributed by atoms with van der Waals surface area (Å²) in [5.41, 5.74) is 8.02. The fourth-order valence-corrected chi connectivity index (χ4v) is 7.34. The molecule has 0 heteroatoms. The Morgan fingerprint density at radius 1 is 0.289 bits per heavy atom. The molecule has 0 saturated carbocycles. The Balaban J connectivity index is 1.70. The summed E-state index contributed by atoms with van der Waals surface area (Å²) in [6.45, 7) is 8.96. The van der Waals surface area contributed by atoms with Crippen LogP contribution in [0.4, 0.5) is 0 Å². The highest BCUT2D eigenvalue weighted by Crippen LogP contribution is 2.49. The lowest BCUT2D eigenvalue weighted by Crippen LogP contribution is -1.94. The molecule has 0 radical (unpaired) electrons. The second kappa shape index (κ2) is 7.55. The van der Waals surface area contributed by atoms with E-state index in [1.54, 1.807) is 0 Å². The summed E-state index contributed by atoms with van der Waals surface area (Å²) in [4.78, 5) is 0. The number of fused-ring (bicyclic) bond motifs is 5. The van der Waals surface area contributed by atoms with Gasteiger partial charge in [0.05, 0.1) is 0 Å². The van der Waals surface area contributed by atoms with Gasteiger partial charge in [0.2, 0.25) is 0 Å². The molecule has 0 saturated heterocycles. The smallest absolute Gasteiger partial charge is 0.00137 e. The van der Waals surface area contributed by atoms with Crippen LogP contribution in [-0.2, 0) is 0 Å². The average Bonchev–Trinajstić information content (AvgIpc) is 2.93. The van der Waals surface area contributed by atoms with Crippen molar-refractivity contribution in [2.75, 3.05) is 0 Å². The van der Waals surface area contributed by atoms with E-state index >= 15 is 0 Å². The Labute approximate surface area is 222 Å². The standard InChI is InChI=1S/C38H28/c1-21-9-7-12-25-29(18-15-22(2)33(21)25)35-26-10-5-6-11-27(26)38-32-20-17-24(4)34-23(3)16-19-30(36(32)34)28-13-8-14-31(35)37(28)38/h5-20H,1-4H3. The van der Waals surface area contributed by atoms with Gasteiger partial charge >= 0.3 is 0 Å². The number of aryl methyl sites for hydroxylation is 4. The molecule has 0 unspecified atom stereocenters. The molecule has 8 aromatic carbocycles. The van der Waals surface area contributed by atoms with Crippen molar-refractivity contribution >= 4 is 64.6 Å². The van der Waals surface area contributed by atoms with Crippen LogP contribution in [0.15, 0.2) is 97.1 Å². The van der Waals surface area contributed by atoms with Crippen molar-refractivity contribution in [2.45, 2.75) is 27.7 Å². The molecule has 0 bridgehead atoms. The van der Waals surface area contributed by atoms with Gasteiger partial charge in [-0.1, -0.05) is 97.1 Å². The molecule has 0 heterocycles. The molecule has 0 aliphatic carbocycles. The third kappa shape index (κ3) is 2.65. The van der Waals surface area contributed by atoms with Crippen LogP contribution in [-0.4, -0.2) is 0 Å². The first-order valence-corrected chi connectivity index (χ1v) is 13.5. The van der Waals surface area contributed by atoms with Crippen molar-refractivity contribution < 1.29 is 0 Å². The van der Waals surface area contributed by atoms with E-state index in [1.807, 2.05) is 0 Å². The molecule has 0 N–H and O–H groups in total. The lowest BCUT2D eigenvalue weighted by atomic mass is 9.81. The Morgan fingerprint density at radius 3 is 1.58 bits per heavy atom. The molecular weight excluding hydrogens is 456 g/mol. The van der Waals surface area contributed by atoms with Gasteiger partial charge in [-0.2, -0.15) is 0 Å². The van der Waals surface area contributed by atoms with E-state index in [2.05, 4.69) is 125 Å². The molecule has 0 amide bonds. The SMILES string of the molecule is Cc1cccc2c(-c3c4ccccc4c4c5ccc(C)c6c(C)ccc(c7cccc3c74)c65)ccc(C)c12. The van der Waals surface area contributed by atoms with Crippen LogP contribution in [0, 0.1) is 27.7 Å². The van der Waals surface area contributed by atoms with Crippen LogP contribution >= 0.6 is 0 Å². The minimum atomic E-state index is 1.32. The van der Waals surface area contributed by atoms with E-state index in [9.17, 15) is 0 Å². The zero-order valence-electron chi connectivity index (χ0n) is 22.2. The van der Waals surface area contributed by atoms with E-state index < -0.39 is 0 Å². The predicted molar refractivity (Wildman–Crippen MR) is 167 cm³/mol. The molecule has 0 aromatic heterocycles. The molecule has 0 nitrogen and oxygen atoms in total. The van der Waals surface area contributed by atoms with Crippen molar-refractivity contribution in [3.63, 3.8) is 0 Å². The van der Waals surface area contributed by atoms with Crippen LogP contribution in [0.25, 0.3) is 75.8 Å². The molecule has 8 aromatic rings. The molecule has 0 atom stereocenters. The zero-order valence-corrected chi connectivity index (χ0v) is 22.2. The van der Waals surface area contributed by atoms with Crippen LogP contribution in [0.1, 0.15) is 22.3 Å². The summed E-state index contributed by atoms with van der Waals surface area (Å²) in [6, 6.07) is 36.7. The summed E-state index contributed by atoms with van der Waals surface area (Å²) in [5.74, 6) is 0. The fraction of sp³-hybridized carbons (Fsp3) is 0.105. The molecule has 180 valence electrons. The third-order valence-electron chi connectivity index (χ3n) is 8.91. The van der Waals surface area contributed by atoms with Gasteiger partial charge in [-0.3, -0.25) is 0 Å². The van der Waals surface area contributed by atoms with Crippen molar-refractivity contribution in [2.24, 2.45) is 0 Å². The van der Waals surface area contributed by atoms with Crippen molar-refractivity contribution in [3.05, 3.63) is 119 Å². The minimum absolute atomic E-state index is 1.32. The van der Waals surface area contributed by atoms with Gasteiger partial charge in [0.25, 0.3) is 0 Å². The highest BCUT2D eigenvalue weighted by atomic mass is 14.2. The van der Waals surface area contributed by atoms with E-state index in [0.717, 1.165) is 0 Å². The molecular formula is C38H28. The van der Waals surface area contributed by atoms with Gasteiger partial charge in [-0.05, 0) is 126 Å². The van der Waals surface area contributed by atoms with Crippen molar-refractivity contribution in [1.82, 2.24) is 0 Å². The number of hydrogen-bond donors (Lipinski definition) is 0. The first-order chi connectivity index (χ1) is 18.5. The van der Waals surface area contributed by atoms with Crippen LogP contribution in [0.3, 0.4) is 0 Å². The minimum Gasteiger partial charge on any atom is -0.0616 e. The lowest BCUT2D eigenvalue weighted by Gasteiger charge is -2.22. The predicted octanol–water partition coefficient (Wildman–Crippen LogP) is 10.9. The van der Waals surface area contributed by atoms with E-state index in [1.165, 1.54) is 98.0 Å². The summed E-state index contributed by atoms with van der Waals surface area (Å²) >= 11 is 0. The molecule has 8 rings (SSSR count). The Bertz CT molecular complexity index is 2250. The quantitative estimate of drug-likeness (QED) is 0.160. The third-order valence-corrected chi connectivity index (χ3v) is 8.91.